The average molecular weight is 345 g/mol. The van der Waals surface area contributed by atoms with Gasteiger partial charge in [0.1, 0.15) is 0 Å². The normalized spacial score (nSPS) is 15.2. The van der Waals surface area contributed by atoms with Crippen LogP contribution in [-0.2, 0) is 16.6 Å². The Hall–Kier alpha value is -2.88. The predicted molar refractivity (Wildman–Crippen MR) is 102 cm³/mol. The van der Waals surface area contributed by atoms with Gasteiger partial charge in [-0.25, -0.2) is 4.68 Å². The molecule has 1 aliphatic carbocycles. The third-order valence-corrected chi connectivity index (χ3v) is 5.32. The second kappa shape index (κ2) is 7.16. The smallest absolute Gasteiger partial charge is 0.230 e. The maximum Gasteiger partial charge on any atom is 0.230 e. The van der Waals surface area contributed by atoms with Gasteiger partial charge in [-0.05, 0) is 42.5 Å². The van der Waals surface area contributed by atoms with E-state index in [9.17, 15) is 4.79 Å². The van der Waals surface area contributed by atoms with Gasteiger partial charge in [-0.15, -0.1) is 0 Å². The Morgan fingerprint density at radius 3 is 2.38 bits per heavy atom. The minimum Gasteiger partial charge on any atom is -0.355 e. The van der Waals surface area contributed by atoms with Crippen LogP contribution in [0.2, 0.25) is 0 Å². The lowest BCUT2D eigenvalue weighted by molar-refractivity contribution is -0.129. The van der Waals surface area contributed by atoms with Gasteiger partial charge in [0.2, 0.25) is 5.91 Å². The fraction of sp³-hybridized carbons (Fsp3) is 0.273. The molecular weight excluding hydrogens is 322 g/mol. The number of nitrogens with zero attached hydrogens (tertiary/aromatic N) is 2. The van der Waals surface area contributed by atoms with Gasteiger partial charge >= 0.3 is 0 Å². The van der Waals surface area contributed by atoms with Gasteiger partial charge in [0.05, 0.1) is 17.3 Å². The Balaban J connectivity index is 1.36. The van der Waals surface area contributed by atoms with Gasteiger partial charge in [0.25, 0.3) is 0 Å². The highest BCUT2D eigenvalue weighted by Crippen LogP contribution is 2.43. The Bertz CT molecular complexity index is 867. The first-order chi connectivity index (χ1) is 12.8. The Labute approximate surface area is 153 Å². The number of amides is 1. The maximum absolute atomic E-state index is 12.8. The van der Waals surface area contributed by atoms with E-state index in [1.807, 2.05) is 65.6 Å². The van der Waals surface area contributed by atoms with Gasteiger partial charge < -0.3 is 5.32 Å². The van der Waals surface area contributed by atoms with E-state index in [1.165, 1.54) is 0 Å². The van der Waals surface area contributed by atoms with Crippen molar-refractivity contribution in [2.24, 2.45) is 0 Å². The van der Waals surface area contributed by atoms with Crippen molar-refractivity contribution < 1.29 is 4.79 Å². The lowest BCUT2D eigenvalue weighted by Crippen LogP contribution is -2.49. The third-order valence-electron chi connectivity index (χ3n) is 5.32. The Morgan fingerprint density at radius 2 is 1.73 bits per heavy atom. The average Bonchev–Trinajstić information content (AvgIpc) is 3.11. The van der Waals surface area contributed by atoms with Crippen molar-refractivity contribution in [3.63, 3.8) is 0 Å². The molecule has 1 heterocycles. The number of carbonyl (C=O) groups is 1. The molecule has 1 N–H and O–H groups in total. The third kappa shape index (κ3) is 3.15. The highest BCUT2D eigenvalue weighted by atomic mass is 16.2. The summed E-state index contributed by atoms with van der Waals surface area (Å²) in [7, 11) is 0. The molecule has 4 nitrogen and oxygen atoms in total. The SMILES string of the molecule is O=C(NCCc1cnn(-c2ccccc2)c1)C1(c2ccccc2)CCC1. The summed E-state index contributed by atoms with van der Waals surface area (Å²) in [5.74, 6) is 0.158. The molecule has 1 aliphatic rings. The lowest BCUT2D eigenvalue weighted by Gasteiger charge is -2.40. The first-order valence-electron chi connectivity index (χ1n) is 9.21. The fourth-order valence-electron chi connectivity index (χ4n) is 3.64. The van der Waals surface area contributed by atoms with Crippen molar-refractivity contribution in [1.82, 2.24) is 15.1 Å². The van der Waals surface area contributed by atoms with E-state index in [2.05, 4.69) is 22.5 Å². The van der Waals surface area contributed by atoms with Crippen LogP contribution in [0.5, 0.6) is 0 Å². The molecule has 0 bridgehead atoms. The summed E-state index contributed by atoms with van der Waals surface area (Å²) in [6.07, 6.45) is 7.67. The predicted octanol–water partition coefficient (Wildman–Crippen LogP) is 3.65. The maximum atomic E-state index is 12.8. The van der Waals surface area contributed by atoms with Gasteiger partial charge in [-0.1, -0.05) is 55.0 Å². The zero-order valence-electron chi connectivity index (χ0n) is 14.8. The molecule has 1 aromatic heterocycles. The van der Waals surface area contributed by atoms with E-state index in [0.717, 1.165) is 42.5 Å². The van der Waals surface area contributed by atoms with Crippen LogP contribution >= 0.6 is 0 Å². The number of para-hydroxylation sites is 1. The van der Waals surface area contributed by atoms with Crippen molar-refractivity contribution in [3.8, 4) is 5.69 Å². The van der Waals surface area contributed by atoms with E-state index < -0.39 is 0 Å². The molecule has 4 heteroatoms. The minimum absolute atomic E-state index is 0.158. The first-order valence-corrected chi connectivity index (χ1v) is 9.21. The fourth-order valence-corrected chi connectivity index (χ4v) is 3.64. The molecule has 1 saturated carbocycles. The Kier molecular flexibility index (Phi) is 4.57. The molecule has 1 amide bonds. The molecule has 0 spiro atoms. The van der Waals surface area contributed by atoms with E-state index >= 15 is 0 Å². The molecule has 0 saturated heterocycles. The molecule has 0 unspecified atom stereocenters. The van der Waals surface area contributed by atoms with Crippen molar-refractivity contribution >= 4 is 5.91 Å². The van der Waals surface area contributed by atoms with Crippen molar-refractivity contribution in [2.75, 3.05) is 6.54 Å². The minimum atomic E-state index is -0.324. The highest BCUT2D eigenvalue weighted by Gasteiger charge is 2.45. The summed E-state index contributed by atoms with van der Waals surface area (Å²) in [5.41, 5.74) is 2.98. The number of hydrogen-bond acceptors (Lipinski definition) is 2. The second-order valence-electron chi connectivity index (χ2n) is 6.94. The topological polar surface area (TPSA) is 46.9 Å². The van der Waals surface area contributed by atoms with E-state index in [1.54, 1.807) is 0 Å². The number of benzene rings is 2. The monoisotopic (exact) mass is 345 g/mol. The van der Waals surface area contributed by atoms with Crippen LogP contribution in [0.3, 0.4) is 0 Å². The van der Waals surface area contributed by atoms with E-state index in [-0.39, 0.29) is 11.3 Å². The van der Waals surface area contributed by atoms with Gasteiger partial charge in [0.15, 0.2) is 0 Å². The molecule has 0 atom stereocenters. The van der Waals surface area contributed by atoms with Crippen LogP contribution in [0.15, 0.2) is 73.1 Å². The molecular formula is C22H23N3O. The highest BCUT2D eigenvalue weighted by molar-refractivity contribution is 5.89. The van der Waals surface area contributed by atoms with Crippen LogP contribution in [-0.4, -0.2) is 22.2 Å². The summed E-state index contributed by atoms with van der Waals surface area (Å²) in [6.45, 7) is 0.633. The standard InChI is InChI=1S/C22H23N3O/c26-21(22(13-7-14-22)19-8-3-1-4-9-19)23-15-12-18-16-24-25(17-18)20-10-5-2-6-11-20/h1-6,8-11,16-17H,7,12-15H2,(H,23,26). The molecule has 0 radical (unpaired) electrons. The summed E-state index contributed by atoms with van der Waals surface area (Å²) in [6, 6.07) is 20.2. The second-order valence-corrected chi connectivity index (χ2v) is 6.94. The van der Waals surface area contributed by atoms with Crippen molar-refractivity contribution in [3.05, 3.63) is 84.2 Å². The number of nitrogens with one attached hydrogen (secondary N) is 1. The van der Waals surface area contributed by atoms with Crippen molar-refractivity contribution in [1.29, 1.82) is 0 Å². The number of hydrogen-bond donors (Lipinski definition) is 1. The number of rotatable bonds is 6. The molecule has 0 aliphatic heterocycles. The Morgan fingerprint density at radius 1 is 1.04 bits per heavy atom. The van der Waals surface area contributed by atoms with Gasteiger partial charge in [-0.3, -0.25) is 4.79 Å². The zero-order chi connectivity index (χ0) is 17.8. The quantitative estimate of drug-likeness (QED) is 0.741. The molecule has 132 valence electrons. The van der Waals surface area contributed by atoms with Gasteiger partial charge in [-0.2, -0.15) is 5.10 Å². The molecule has 2 aromatic carbocycles. The molecule has 1 fully saturated rings. The van der Waals surface area contributed by atoms with Crippen LogP contribution < -0.4 is 5.32 Å². The van der Waals surface area contributed by atoms with E-state index in [4.69, 9.17) is 0 Å². The zero-order valence-corrected chi connectivity index (χ0v) is 14.8. The van der Waals surface area contributed by atoms with E-state index in [0.29, 0.717) is 6.54 Å². The summed E-state index contributed by atoms with van der Waals surface area (Å²) < 4.78 is 1.87. The van der Waals surface area contributed by atoms with Crippen LogP contribution in [0.1, 0.15) is 30.4 Å². The molecule has 3 aromatic rings. The van der Waals surface area contributed by atoms with Gasteiger partial charge in [0, 0.05) is 12.7 Å². The van der Waals surface area contributed by atoms with Crippen LogP contribution in [0, 0.1) is 0 Å². The number of aromatic nitrogens is 2. The summed E-state index contributed by atoms with van der Waals surface area (Å²) in [4.78, 5) is 12.8. The molecule has 26 heavy (non-hydrogen) atoms. The van der Waals surface area contributed by atoms with Crippen LogP contribution in [0.4, 0.5) is 0 Å². The molecule has 4 rings (SSSR count). The lowest BCUT2D eigenvalue weighted by atomic mass is 9.64. The van der Waals surface area contributed by atoms with Crippen molar-refractivity contribution in [2.45, 2.75) is 31.1 Å². The summed E-state index contributed by atoms with van der Waals surface area (Å²) >= 11 is 0. The first kappa shape index (κ1) is 16.6. The largest absolute Gasteiger partial charge is 0.355 e. The summed E-state index contributed by atoms with van der Waals surface area (Å²) in [5, 5.41) is 7.56. The number of carbonyl (C=O) groups excluding carboxylic acids is 1. The van der Waals surface area contributed by atoms with Crippen LogP contribution in [0.25, 0.3) is 5.69 Å².